The van der Waals surface area contributed by atoms with Crippen LogP contribution >= 0.6 is 11.3 Å². The molecule has 0 aliphatic rings. The minimum Gasteiger partial charge on any atom is -0.306 e. The largest absolute Gasteiger partial charge is 0.306 e. The molecule has 0 radical (unpaired) electrons. The van der Waals surface area contributed by atoms with Crippen LogP contribution in [0, 0.1) is 22.7 Å². The number of aryl methyl sites for hydroxylation is 1. The molecule has 0 aliphatic heterocycles. The Labute approximate surface area is 458 Å². The van der Waals surface area contributed by atoms with Crippen molar-refractivity contribution in [3.05, 3.63) is 241 Å². The van der Waals surface area contributed by atoms with Crippen LogP contribution in [0.4, 0.5) is 0 Å². The summed E-state index contributed by atoms with van der Waals surface area (Å²) in [6, 6.07) is 85.9. The molecular formula is C72H46N6S. The number of hydrogen-bond acceptors (Lipinski definition) is 3. The minimum atomic E-state index is 0.434. The Bertz CT molecular complexity index is 5190. The lowest BCUT2D eigenvalue weighted by atomic mass is 9.95. The maximum absolute atomic E-state index is 12.9. The van der Waals surface area contributed by atoms with Crippen LogP contribution in [0.25, 0.3) is 141 Å². The Morgan fingerprint density at radius 1 is 0.367 bits per heavy atom. The van der Waals surface area contributed by atoms with Crippen molar-refractivity contribution in [2.75, 3.05) is 0 Å². The van der Waals surface area contributed by atoms with Crippen molar-refractivity contribution in [2.45, 2.75) is 26.2 Å². The molecule has 11 aromatic carbocycles. The minimum absolute atomic E-state index is 0.434. The molecule has 0 saturated carbocycles. The molecule has 0 bridgehead atoms. The van der Waals surface area contributed by atoms with Gasteiger partial charge in [0.05, 0.1) is 71.6 Å². The fraction of sp³-hybridized carbons (Fsp3) is 0.0556. The second kappa shape index (κ2) is 17.4. The number of benzene rings is 11. The van der Waals surface area contributed by atoms with Gasteiger partial charge in [-0.15, -0.1) is 11.3 Å². The van der Waals surface area contributed by atoms with E-state index in [0.717, 1.165) is 122 Å². The van der Waals surface area contributed by atoms with Crippen LogP contribution in [0.15, 0.2) is 224 Å². The summed E-state index contributed by atoms with van der Waals surface area (Å²) in [6.07, 6.45) is 3.14. The predicted molar refractivity (Wildman–Crippen MR) is 330 cm³/mol. The van der Waals surface area contributed by atoms with E-state index in [0.29, 0.717) is 33.9 Å². The number of rotatable bonds is 8. The predicted octanol–water partition coefficient (Wildman–Crippen LogP) is 19.2. The normalized spacial score (nSPS) is 12.0. The maximum atomic E-state index is 12.9. The summed E-state index contributed by atoms with van der Waals surface area (Å²) in [5.74, 6) is 0. The molecule has 0 N–H and O–H groups in total. The number of fused-ring (bicyclic) bond motifs is 16. The Kier molecular flexibility index (Phi) is 9.94. The number of nitriles is 2. The van der Waals surface area contributed by atoms with Gasteiger partial charge in [-0.3, -0.25) is 0 Å². The fourth-order valence-electron chi connectivity index (χ4n) is 13.3. The van der Waals surface area contributed by atoms with Gasteiger partial charge < -0.3 is 18.3 Å². The molecule has 0 aliphatic carbocycles. The van der Waals surface area contributed by atoms with Gasteiger partial charge in [-0.25, -0.2) is 0 Å². The third kappa shape index (κ3) is 6.31. The molecule has 7 heteroatoms. The summed E-state index contributed by atoms with van der Waals surface area (Å²) in [4.78, 5) is 0. The average molecular weight is 1030 g/mol. The molecule has 0 saturated heterocycles. The first kappa shape index (κ1) is 45.1. The third-order valence-corrected chi connectivity index (χ3v) is 17.8. The monoisotopic (exact) mass is 1030 g/mol. The number of para-hydroxylation sites is 6. The lowest BCUT2D eigenvalue weighted by Crippen LogP contribution is -2.16. The zero-order chi connectivity index (χ0) is 52.5. The van der Waals surface area contributed by atoms with Gasteiger partial charge in [0.1, 0.15) is 23.3 Å². The van der Waals surface area contributed by atoms with E-state index in [4.69, 9.17) is 0 Å². The molecule has 0 atom stereocenters. The summed E-state index contributed by atoms with van der Waals surface area (Å²) in [5, 5.41) is 36.5. The molecule has 5 heterocycles. The van der Waals surface area contributed by atoms with E-state index in [1.807, 2.05) is 0 Å². The van der Waals surface area contributed by atoms with E-state index in [1.165, 1.54) is 21.2 Å². The van der Waals surface area contributed by atoms with Crippen LogP contribution in [0.2, 0.25) is 0 Å². The van der Waals surface area contributed by atoms with Gasteiger partial charge >= 0.3 is 0 Å². The van der Waals surface area contributed by atoms with Crippen molar-refractivity contribution >= 4 is 119 Å². The second-order valence-corrected chi connectivity index (χ2v) is 21.8. The molecule has 0 amide bonds. The topological polar surface area (TPSA) is 67.3 Å². The number of aromatic nitrogens is 4. The van der Waals surface area contributed by atoms with Crippen molar-refractivity contribution in [1.82, 2.24) is 18.3 Å². The zero-order valence-electron chi connectivity index (χ0n) is 43.1. The molecule has 370 valence electrons. The van der Waals surface area contributed by atoms with Crippen LogP contribution in [-0.4, -0.2) is 18.3 Å². The summed E-state index contributed by atoms with van der Waals surface area (Å²) in [5.41, 5.74) is 14.5. The van der Waals surface area contributed by atoms with Gasteiger partial charge in [-0.1, -0.05) is 189 Å². The zero-order valence-corrected chi connectivity index (χ0v) is 43.9. The number of nitrogens with zero attached hydrogens (tertiary/aromatic N) is 6. The number of thiophene rings is 1. The van der Waals surface area contributed by atoms with E-state index in [-0.39, 0.29) is 0 Å². The molecule has 0 spiro atoms. The van der Waals surface area contributed by atoms with Crippen molar-refractivity contribution in [2.24, 2.45) is 0 Å². The Morgan fingerprint density at radius 3 is 1.22 bits per heavy atom. The summed E-state index contributed by atoms with van der Waals surface area (Å²) in [6.45, 7) is 2.25. The van der Waals surface area contributed by atoms with Crippen LogP contribution in [-0.2, 0) is 6.42 Å². The van der Waals surface area contributed by atoms with Crippen LogP contribution in [0.3, 0.4) is 0 Å². The molecule has 6 nitrogen and oxygen atoms in total. The van der Waals surface area contributed by atoms with Gasteiger partial charge in [0.2, 0.25) is 0 Å². The fourth-order valence-corrected chi connectivity index (χ4v) is 14.6. The van der Waals surface area contributed by atoms with E-state index in [1.54, 1.807) is 11.3 Å². The smallest absolute Gasteiger partial charge is 0.104 e. The first-order chi connectivity index (χ1) is 39.1. The highest BCUT2D eigenvalue weighted by Gasteiger charge is 2.35. The standard InChI is InChI=1S/C72H46N6S/c1-2-3-20-44-21-4-5-22-46(44)45-37-38-53-55-39-40-56-54-29-12-19-36-66(54)79-72(56)71(55)78(65(53)41-45)70-58(43-74)68(76-61-32-15-8-25-49(61)50-26-9-16-33-62(50)76)67(75-59-30-13-6-23-47(59)48-24-7-14-31-60(48)75)57(42-73)69(70)77-63-34-17-10-27-51(63)52-28-11-18-35-64(52)77/h4-19,21-41H,2-3,20H2,1H3. The van der Waals surface area contributed by atoms with Crippen molar-refractivity contribution < 1.29 is 0 Å². The number of unbranched alkanes of at least 4 members (excludes halogenated alkanes) is 1. The highest BCUT2D eigenvalue weighted by molar-refractivity contribution is 7.26. The van der Waals surface area contributed by atoms with Gasteiger partial charge in [0.25, 0.3) is 0 Å². The van der Waals surface area contributed by atoms with Gasteiger partial charge in [0, 0.05) is 58.6 Å². The Balaban J connectivity index is 1.22. The Morgan fingerprint density at radius 2 is 0.747 bits per heavy atom. The Hall–Kier alpha value is -10.2. The van der Waals surface area contributed by atoms with Crippen molar-refractivity contribution in [3.8, 4) is 46.0 Å². The van der Waals surface area contributed by atoms with E-state index in [9.17, 15) is 10.5 Å². The van der Waals surface area contributed by atoms with Crippen LogP contribution in [0.5, 0.6) is 0 Å². The van der Waals surface area contributed by atoms with Crippen LogP contribution in [0.1, 0.15) is 36.5 Å². The molecular weight excluding hydrogens is 981 g/mol. The lowest BCUT2D eigenvalue weighted by molar-refractivity contribution is 0.796. The highest BCUT2D eigenvalue weighted by atomic mass is 32.1. The van der Waals surface area contributed by atoms with Crippen molar-refractivity contribution in [1.29, 1.82) is 10.5 Å². The average Bonchev–Trinajstić information content (AvgIpc) is 3.59. The van der Waals surface area contributed by atoms with E-state index >= 15 is 0 Å². The molecule has 0 fully saturated rings. The summed E-state index contributed by atoms with van der Waals surface area (Å²) >= 11 is 1.78. The van der Waals surface area contributed by atoms with E-state index in [2.05, 4.69) is 262 Å². The summed E-state index contributed by atoms with van der Waals surface area (Å²) in [7, 11) is 0. The molecule has 79 heavy (non-hydrogen) atoms. The third-order valence-electron chi connectivity index (χ3n) is 16.7. The van der Waals surface area contributed by atoms with E-state index < -0.39 is 0 Å². The van der Waals surface area contributed by atoms with Gasteiger partial charge in [-0.05, 0) is 78.1 Å². The maximum Gasteiger partial charge on any atom is 0.104 e. The summed E-state index contributed by atoms with van der Waals surface area (Å²) < 4.78 is 11.5. The molecule has 16 rings (SSSR count). The first-order valence-electron chi connectivity index (χ1n) is 27.1. The molecule has 5 aromatic heterocycles. The highest BCUT2D eigenvalue weighted by Crippen LogP contribution is 2.51. The van der Waals surface area contributed by atoms with Gasteiger partial charge in [0.15, 0.2) is 0 Å². The number of hydrogen-bond donors (Lipinski definition) is 0. The molecule has 0 unspecified atom stereocenters. The van der Waals surface area contributed by atoms with Crippen molar-refractivity contribution in [3.63, 3.8) is 0 Å². The van der Waals surface area contributed by atoms with Crippen LogP contribution < -0.4 is 0 Å². The van der Waals surface area contributed by atoms with Gasteiger partial charge in [-0.2, -0.15) is 10.5 Å². The molecule has 16 aromatic rings. The SMILES string of the molecule is CCCCc1ccccc1-c1ccc2c3ccc4c5ccccc5sc4c3n(-c3c(C#N)c(-n4c5ccccc5c5ccccc54)c(-n4c5ccccc5c5ccccc54)c(C#N)c3-n3c4ccccc4c4ccccc43)c2c1. The second-order valence-electron chi connectivity index (χ2n) is 20.7. The first-order valence-corrected chi connectivity index (χ1v) is 27.9. The quantitative estimate of drug-likeness (QED) is 0.152. The lowest BCUT2D eigenvalue weighted by Gasteiger charge is -2.27.